The van der Waals surface area contributed by atoms with E-state index >= 15 is 0 Å². The van der Waals surface area contributed by atoms with Crippen LogP contribution in [0, 0.1) is 20.8 Å². The first-order valence-electron chi connectivity index (χ1n) is 13.9. The van der Waals surface area contributed by atoms with Crippen LogP contribution in [-0.4, -0.2) is 9.55 Å². The van der Waals surface area contributed by atoms with Gasteiger partial charge in [0.2, 0.25) is 0 Å². The number of pyridine rings is 1. The average Bonchev–Trinajstić information content (AvgIpc) is 3.37. The van der Waals surface area contributed by atoms with Gasteiger partial charge in [-0.1, -0.05) is 75.7 Å². The predicted molar refractivity (Wildman–Crippen MR) is 158 cm³/mol. The quantitative estimate of drug-likeness (QED) is 0.223. The zero-order chi connectivity index (χ0) is 26.9. The summed E-state index contributed by atoms with van der Waals surface area (Å²) in [5.41, 5.74) is 16.8. The fourth-order valence-corrected chi connectivity index (χ4v) is 6.44. The Kier molecular flexibility index (Phi) is 5.79. The molecule has 2 heterocycles. The highest BCUT2D eigenvalue weighted by atomic mass is 15.2. The molecule has 1 aliphatic carbocycles. The molecule has 0 radical (unpaired) electrons. The Hall–Kier alpha value is -3.72. The van der Waals surface area contributed by atoms with Crippen molar-refractivity contribution in [2.75, 3.05) is 0 Å². The van der Waals surface area contributed by atoms with E-state index in [2.05, 4.69) is 125 Å². The van der Waals surface area contributed by atoms with E-state index in [9.17, 15) is 0 Å². The number of aryl methyl sites for hydroxylation is 4. The van der Waals surface area contributed by atoms with Crippen molar-refractivity contribution in [3.05, 3.63) is 99.9 Å². The third kappa shape index (κ3) is 3.63. The van der Waals surface area contributed by atoms with E-state index in [1.165, 1.54) is 72.7 Å². The van der Waals surface area contributed by atoms with Crippen LogP contribution >= 0.6 is 0 Å². The molecule has 0 N–H and O–H groups in total. The summed E-state index contributed by atoms with van der Waals surface area (Å²) in [6.07, 6.45) is 0.895. The van der Waals surface area contributed by atoms with E-state index in [-0.39, 0.29) is 0 Å². The van der Waals surface area contributed by atoms with Crippen molar-refractivity contribution >= 4 is 11.0 Å². The highest BCUT2D eigenvalue weighted by Gasteiger charge is 2.35. The fraction of sp³-hybridized carbons (Fsp3) is 0.314. The van der Waals surface area contributed by atoms with Crippen LogP contribution in [0.4, 0.5) is 0 Å². The molecule has 0 fully saturated rings. The van der Waals surface area contributed by atoms with Gasteiger partial charge in [0.25, 0.3) is 5.82 Å². The van der Waals surface area contributed by atoms with Crippen molar-refractivity contribution in [1.82, 2.24) is 9.55 Å². The minimum Gasteiger partial charge on any atom is -0.257 e. The van der Waals surface area contributed by atoms with Gasteiger partial charge in [-0.15, -0.1) is 0 Å². The second kappa shape index (κ2) is 8.94. The number of imidazole rings is 1. The van der Waals surface area contributed by atoms with Crippen LogP contribution in [0.1, 0.15) is 78.7 Å². The summed E-state index contributed by atoms with van der Waals surface area (Å²) in [6, 6.07) is 22.7. The highest BCUT2D eigenvalue weighted by Crippen LogP contribution is 2.44. The van der Waals surface area contributed by atoms with E-state index in [1.807, 2.05) is 0 Å². The van der Waals surface area contributed by atoms with Crippen molar-refractivity contribution in [3.63, 3.8) is 0 Å². The fourth-order valence-electron chi connectivity index (χ4n) is 6.44. The van der Waals surface area contributed by atoms with Crippen LogP contribution in [0.3, 0.4) is 0 Å². The van der Waals surface area contributed by atoms with Crippen LogP contribution in [-0.2, 0) is 13.5 Å². The number of hydrogen-bond acceptors (Lipinski definition) is 1. The molecule has 6 rings (SSSR count). The Bertz CT molecular complexity index is 1700. The van der Waals surface area contributed by atoms with Crippen LogP contribution in [0.15, 0.2) is 60.7 Å². The van der Waals surface area contributed by atoms with Crippen molar-refractivity contribution in [3.8, 4) is 28.2 Å². The molecule has 2 aromatic heterocycles. The summed E-state index contributed by atoms with van der Waals surface area (Å²) >= 11 is 0. The van der Waals surface area contributed by atoms with Gasteiger partial charge in [-0.2, -0.15) is 4.57 Å². The van der Waals surface area contributed by atoms with E-state index in [0.29, 0.717) is 11.8 Å². The minimum absolute atomic E-state index is 0.400. The van der Waals surface area contributed by atoms with Crippen molar-refractivity contribution in [2.45, 2.75) is 66.7 Å². The SMILES string of the molecule is Cc1cc(C(C)C)c(-n2c(-c3ccccc3C)[n+](C)c3c4c(ccc32)Cc2nc(C)ccc2-4)c(C(C)C)c1. The second-order valence-corrected chi connectivity index (χ2v) is 11.7. The molecular weight excluding hydrogens is 462 g/mol. The summed E-state index contributed by atoms with van der Waals surface area (Å²) in [4.78, 5) is 4.93. The number of benzene rings is 3. The third-order valence-corrected chi connectivity index (χ3v) is 8.26. The Morgan fingerprint density at radius 1 is 0.816 bits per heavy atom. The maximum Gasteiger partial charge on any atom is 0.295 e. The molecule has 3 heteroatoms. The van der Waals surface area contributed by atoms with Gasteiger partial charge in [0, 0.05) is 34.4 Å². The van der Waals surface area contributed by atoms with E-state index in [0.717, 1.165) is 12.1 Å². The van der Waals surface area contributed by atoms with E-state index < -0.39 is 0 Å². The summed E-state index contributed by atoms with van der Waals surface area (Å²) in [5, 5.41) is 0. The van der Waals surface area contributed by atoms with Gasteiger partial charge in [0.15, 0.2) is 11.0 Å². The molecule has 0 saturated heterocycles. The molecule has 5 aromatic rings. The van der Waals surface area contributed by atoms with Crippen molar-refractivity contribution < 1.29 is 4.57 Å². The van der Waals surface area contributed by atoms with Crippen molar-refractivity contribution in [2.24, 2.45) is 7.05 Å². The molecule has 0 unspecified atom stereocenters. The predicted octanol–water partition coefficient (Wildman–Crippen LogP) is 8.26. The third-order valence-electron chi connectivity index (χ3n) is 8.26. The Morgan fingerprint density at radius 3 is 2.16 bits per heavy atom. The van der Waals surface area contributed by atoms with E-state index in [4.69, 9.17) is 4.98 Å². The lowest BCUT2D eigenvalue weighted by molar-refractivity contribution is -0.633. The molecule has 192 valence electrons. The van der Waals surface area contributed by atoms with Gasteiger partial charge in [-0.3, -0.25) is 4.98 Å². The topological polar surface area (TPSA) is 21.7 Å². The molecule has 0 spiro atoms. The van der Waals surface area contributed by atoms with Gasteiger partial charge in [-0.25, -0.2) is 4.57 Å². The average molecular weight is 501 g/mol. The Labute approximate surface area is 226 Å². The Balaban J connectivity index is 1.83. The summed E-state index contributed by atoms with van der Waals surface area (Å²) in [7, 11) is 2.25. The first kappa shape index (κ1) is 24.6. The van der Waals surface area contributed by atoms with Gasteiger partial charge >= 0.3 is 0 Å². The summed E-state index contributed by atoms with van der Waals surface area (Å²) < 4.78 is 5.02. The molecule has 38 heavy (non-hydrogen) atoms. The smallest absolute Gasteiger partial charge is 0.257 e. The van der Waals surface area contributed by atoms with Gasteiger partial charge in [-0.05, 0) is 61.9 Å². The second-order valence-electron chi connectivity index (χ2n) is 11.7. The number of nitrogens with zero attached hydrogens (tertiary/aromatic N) is 3. The lowest BCUT2D eigenvalue weighted by Gasteiger charge is -2.20. The van der Waals surface area contributed by atoms with Crippen LogP contribution in [0.5, 0.6) is 0 Å². The largest absolute Gasteiger partial charge is 0.295 e. The van der Waals surface area contributed by atoms with E-state index in [1.54, 1.807) is 0 Å². The first-order chi connectivity index (χ1) is 18.2. The van der Waals surface area contributed by atoms with Crippen molar-refractivity contribution in [1.29, 1.82) is 0 Å². The normalized spacial score (nSPS) is 12.6. The number of aromatic nitrogens is 3. The first-order valence-corrected chi connectivity index (χ1v) is 13.9. The zero-order valence-corrected chi connectivity index (χ0v) is 24.0. The standard InChI is InChI=1S/C35H38N3/c1-20(2)28-17-22(5)18-29(21(3)4)33(28)38-31-16-14-25-19-30-27(15-13-24(7)36-30)32(25)34(31)37(8)35(38)26-12-10-9-11-23(26)6/h9-18,20-21H,19H2,1-8H3/q+1. The number of hydrogen-bond donors (Lipinski definition) is 0. The van der Waals surface area contributed by atoms with Gasteiger partial charge in [0.1, 0.15) is 5.69 Å². The Morgan fingerprint density at radius 2 is 1.50 bits per heavy atom. The molecule has 0 bridgehead atoms. The maximum absolute atomic E-state index is 4.93. The van der Waals surface area contributed by atoms with Crippen LogP contribution in [0.2, 0.25) is 0 Å². The molecular formula is C35H38N3+. The summed E-state index contributed by atoms with van der Waals surface area (Å²) in [5.74, 6) is 2.03. The number of fused-ring (bicyclic) bond motifs is 5. The summed E-state index contributed by atoms with van der Waals surface area (Å²) in [6.45, 7) is 15.8. The molecule has 0 saturated carbocycles. The molecule has 3 nitrogen and oxygen atoms in total. The maximum atomic E-state index is 4.93. The monoisotopic (exact) mass is 500 g/mol. The lowest BCUT2D eigenvalue weighted by atomic mass is 9.90. The van der Waals surface area contributed by atoms with Gasteiger partial charge < -0.3 is 0 Å². The molecule has 1 aliphatic rings. The van der Waals surface area contributed by atoms with Crippen LogP contribution < -0.4 is 4.57 Å². The lowest BCUT2D eigenvalue weighted by Crippen LogP contribution is -2.31. The number of rotatable bonds is 4. The zero-order valence-electron chi connectivity index (χ0n) is 24.0. The molecule has 0 amide bonds. The minimum atomic E-state index is 0.400. The highest BCUT2D eigenvalue weighted by molar-refractivity contribution is 5.97. The molecule has 3 aromatic carbocycles. The molecule has 0 atom stereocenters. The van der Waals surface area contributed by atoms with Gasteiger partial charge in [0.05, 0.1) is 18.3 Å². The van der Waals surface area contributed by atoms with Crippen LogP contribution in [0.25, 0.3) is 39.2 Å². The molecule has 0 aliphatic heterocycles.